The molecule has 0 unspecified atom stereocenters. The van der Waals surface area contributed by atoms with Crippen LogP contribution >= 0.6 is 23.7 Å². The van der Waals surface area contributed by atoms with Gasteiger partial charge in [-0.3, -0.25) is 0 Å². The molecule has 1 saturated carbocycles. The van der Waals surface area contributed by atoms with Crippen LogP contribution in [0.3, 0.4) is 0 Å². The van der Waals surface area contributed by atoms with Gasteiger partial charge in [0.05, 0.1) is 5.54 Å². The minimum atomic E-state index is -0.418. The molecule has 1 aliphatic rings. The molecule has 0 atom stereocenters. The van der Waals surface area contributed by atoms with Crippen molar-refractivity contribution in [2.24, 2.45) is 5.73 Å². The van der Waals surface area contributed by atoms with Crippen LogP contribution < -0.4 is 5.73 Å². The summed E-state index contributed by atoms with van der Waals surface area (Å²) in [5.41, 5.74) is 6.44. The van der Waals surface area contributed by atoms with Crippen molar-refractivity contribution < 1.29 is 8.94 Å². The Morgan fingerprint density at radius 3 is 2.73 bits per heavy atom. The lowest BCUT2D eigenvalue weighted by atomic mass is 9.77. The maximum Gasteiger partial charge on any atom is 0.277 e. The van der Waals surface area contributed by atoms with Crippen molar-refractivity contribution in [2.75, 3.05) is 0 Å². The molecule has 0 aliphatic heterocycles. The van der Waals surface area contributed by atoms with E-state index in [1.165, 1.54) is 11.3 Å². The molecule has 0 saturated heterocycles. The van der Waals surface area contributed by atoms with Crippen LogP contribution in [0.15, 0.2) is 26.5 Å². The van der Waals surface area contributed by atoms with Gasteiger partial charge >= 0.3 is 0 Å². The van der Waals surface area contributed by atoms with Crippen LogP contribution in [0.1, 0.15) is 30.8 Å². The molecule has 3 aromatic heterocycles. The lowest BCUT2D eigenvalue weighted by Gasteiger charge is -2.34. The average Bonchev–Trinajstić information content (AvgIpc) is 3.14. The van der Waals surface area contributed by atoms with E-state index in [1.54, 1.807) is 0 Å². The first kappa shape index (κ1) is 15.2. The fraction of sp³-hybridized carbons (Fsp3) is 0.357. The first-order chi connectivity index (χ1) is 10.1. The normalized spacial score (nSPS) is 16.1. The van der Waals surface area contributed by atoms with Gasteiger partial charge in [0.2, 0.25) is 0 Å². The summed E-state index contributed by atoms with van der Waals surface area (Å²) in [5.74, 6) is 2.59. The Morgan fingerprint density at radius 2 is 2.09 bits per heavy atom. The van der Waals surface area contributed by atoms with Gasteiger partial charge in [-0.25, -0.2) is 4.98 Å². The molecule has 6 nitrogen and oxygen atoms in total. The largest absolute Gasteiger partial charge is 0.459 e. The Morgan fingerprint density at radius 1 is 1.27 bits per heavy atom. The number of halogens is 1. The highest BCUT2D eigenvalue weighted by Gasteiger charge is 2.39. The van der Waals surface area contributed by atoms with E-state index in [0.717, 1.165) is 35.8 Å². The number of aromatic nitrogens is 3. The molecule has 116 valence electrons. The molecule has 0 amide bonds. The van der Waals surface area contributed by atoms with Crippen molar-refractivity contribution in [1.29, 1.82) is 0 Å². The predicted molar refractivity (Wildman–Crippen MR) is 84.8 cm³/mol. The molecule has 0 bridgehead atoms. The van der Waals surface area contributed by atoms with Crippen molar-refractivity contribution in [3.8, 4) is 22.4 Å². The Balaban J connectivity index is 0.00000144. The second-order valence-corrected chi connectivity index (χ2v) is 6.24. The van der Waals surface area contributed by atoms with Gasteiger partial charge in [0.1, 0.15) is 11.5 Å². The summed E-state index contributed by atoms with van der Waals surface area (Å²) in [6, 6.07) is 3.82. The summed E-state index contributed by atoms with van der Waals surface area (Å²) in [4.78, 5) is 8.89. The van der Waals surface area contributed by atoms with Crippen LogP contribution in [0.25, 0.3) is 22.4 Å². The zero-order valence-corrected chi connectivity index (χ0v) is 13.5. The van der Waals surface area contributed by atoms with E-state index in [0.29, 0.717) is 17.4 Å². The number of nitrogens with two attached hydrogens (primary N) is 1. The van der Waals surface area contributed by atoms with E-state index in [1.807, 2.05) is 24.4 Å². The van der Waals surface area contributed by atoms with Gasteiger partial charge in [-0.1, -0.05) is 5.16 Å². The molecule has 2 N–H and O–H groups in total. The number of thiazole rings is 1. The molecular formula is C14H15ClN4O2S. The zero-order chi connectivity index (χ0) is 14.4. The minimum absolute atomic E-state index is 0. The van der Waals surface area contributed by atoms with E-state index in [4.69, 9.17) is 14.7 Å². The van der Waals surface area contributed by atoms with Gasteiger partial charge in [-0.2, -0.15) is 4.98 Å². The molecule has 1 aliphatic carbocycles. The molecule has 22 heavy (non-hydrogen) atoms. The van der Waals surface area contributed by atoms with Gasteiger partial charge in [0, 0.05) is 5.38 Å². The van der Waals surface area contributed by atoms with Gasteiger partial charge < -0.3 is 14.7 Å². The summed E-state index contributed by atoms with van der Waals surface area (Å²) in [7, 11) is 0. The van der Waals surface area contributed by atoms with E-state index < -0.39 is 5.54 Å². The second kappa shape index (κ2) is 5.49. The van der Waals surface area contributed by atoms with Crippen LogP contribution in [0, 0.1) is 6.92 Å². The topological polar surface area (TPSA) is 91.0 Å². The van der Waals surface area contributed by atoms with Gasteiger partial charge in [0.15, 0.2) is 16.6 Å². The molecule has 8 heteroatoms. The lowest BCUT2D eigenvalue weighted by Crippen LogP contribution is -2.44. The first-order valence-corrected chi connectivity index (χ1v) is 7.68. The molecule has 0 radical (unpaired) electrons. The van der Waals surface area contributed by atoms with E-state index in [9.17, 15) is 0 Å². The SMILES string of the molecule is Cc1ccc(-c2nc(-c3nc(C4(N)CCC4)no3)cs2)o1.Cl. The fourth-order valence-corrected chi connectivity index (χ4v) is 3.10. The van der Waals surface area contributed by atoms with Crippen LogP contribution in [0.2, 0.25) is 0 Å². The second-order valence-electron chi connectivity index (χ2n) is 5.38. The summed E-state index contributed by atoms with van der Waals surface area (Å²) in [6.07, 6.45) is 2.92. The van der Waals surface area contributed by atoms with Crippen molar-refractivity contribution in [3.05, 3.63) is 29.1 Å². The molecule has 0 spiro atoms. The standard InChI is InChI=1S/C14H14N4O2S.ClH/c1-8-3-4-10(19-8)12-16-9(7-21-12)11-17-13(18-20-11)14(15)5-2-6-14;/h3-4,7H,2,5-6,15H2,1H3;1H. The van der Waals surface area contributed by atoms with Gasteiger partial charge in [-0.15, -0.1) is 23.7 Å². The highest BCUT2D eigenvalue weighted by molar-refractivity contribution is 7.13. The third-order valence-electron chi connectivity index (χ3n) is 3.79. The Kier molecular flexibility index (Phi) is 3.80. The Labute approximate surface area is 137 Å². The van der Waals surface area contributed by atoms with Gasteiger partial charge in [0.25, 0.3) is 5.89 Å². The number of furan rings is 1. The van der Waals surface area contributed by atoms with Crippen molar-refractivity contribution in [1.82, 2.24) is 15.1 Å². The van der Waals surface area contributed by atoms with Gasteiger partial charge in [-0.05, 0) is 38.3 Å². The lowest BCUT2D eigenvalue weighted by molar-refractivity contribution is 0.229. The molecule has 0 aromatic carbocycles. The van der Waals surface area contributed by atoms with E-state index in [2.05, 4.69) is 15.1 Å². The number of aryl methyl sites for hydroxylation is 1. The molecule has 4 rings (SSSR count). The number of hydrogen-bond donors (Lipinski definition) is 1. The highest BCUT2D eigenvalue weighted by atomic mass is 35.5. The third kappa shape index (κ3) is 2.45. The zero-order valence-electron chi connectivity index (χ0n) is 11.9. The molecule has 1 fully saturated rings. The monoisotopic (exact) mass is 338 g/mol. The smallest absolute Gasteiger partial charge is 0.277 e. The highest BCUT2D eigenvalue weighted by Crippen LogP contribution is 2.38. The quantitative estimate of drug-likeness (QED) is 0.785. The maximum atomic E-state index is 6.20. The number of rotatable bonds is 3. The number of hydrogen-bond acceptors (Lipinski definition) is 7. The molecular weight excluding hydrogens is 324 g/mol. The summed E-state index contributed by atoms with van der Waals surface area (Å²) in [6.45, 7) is 1.90. The average molecular weight is 339 g/mol. The van der Waals surface area contributed by atoms with E-state index in [-0.39, 0.29) is 12.4 Å². The maximum absolute atomic E-state index is 6.20. The van der Waals surface area contributed by atoms with Crippen molar-refractivity contribution in [3.63, 3.8) is 0 Å². The summed E-state index contributed by atoms with van der Waals surface area (Å²) in [5, 5.41) is 6.68. The predicted octanol–water partition coefficient (Wildman–Crippen LogP) is 3.52. The first-order valence-electron chi connectivity index (χ1n) is 6.80. The minimum Gasteiger partial charge on any atom is -0.459 e. The molecule has 3 heterocycles. The van der Waals surface area contributed by atoms with Crippen LogP contribution in [-0.2, 0) is 5.54 Å². The van der Waals surface area contributed by atoms with E-state index >= 15 is 0 Å². The Hall–Kier alpha value is -1.70. The number of nitrogens with zero attached hydrogens (tertiary/aromatic N) is 3. The van der Waals surface area contributed by atoms with Crippen LogP contribution in [-0.4, -0.2) is 15.1 Å². The fourth-order valence-electron chi connectivity index (χ4n) is 2.35. The Bertz CT molecular complexity index is 790. The van der Waals surface area contributed by atoms with Crippen LogP contribution in [0.5, 0.6) is 0 Å². The van der Waals surface area contributed by atoms with Crippen molar-refractivity contribution >= 4 is 23.7 Å². The summed E-state index contributed by atoms with van der Waals surface area (Å²) >= 11 is 1.48. The summed E-state index contributed by atoms with van der Waals surface area (Å²) < 4.78 is 10.9. The molecule has 3 aromatic rings. The third-order valence-corrected chi connectivity index (χ3v) is 4.65. The van der Waals surface area contributed by atoms with Crippen LogP contribution in [0.4, 0.5) is 0 Å². The van der Waals surface area contributed by atoms with Crippen molar-refractivity contribution in [2.45, 2.75) is 31.7 Å².